The van der Waals surface area contributed by atoms with Gasteiger partial charge < -0.3 is 19.3 Å². The number of hydrogen-bond acceptors (Lipinski definition) is 6. The summed E-state index contributed by atoms with van der Waals surface area (Å²) in [6, 6.07) is 17.6. The van der Waals surface area contributed by atoms with Crippen molar-refractivity contribution >= 4 is 23.7 Å². The van der Waals surface area contributed by atoms with Gasteiger partial charge in [-0.15, -0.1) is 0 Å². The summed E-state index contributed by atoms with van der Waals surface area (Å²) in [7, 11) is 0. The fourth-order valence-electron chi connectivity index (χ4n) is 2.97. The molecular weight excluding hydrogens is 402 g/mol. The summed E-state index contributed by atoms with van der Waals surface area (Å²) < 4.78 is 16.6. The minimum Gasteiger partial charge on any atom is -0.484 e. The van der Waals surface area contributed by atoms with Gasteiger partial charge in [0.25, 0.3) is 0 Å². The Bertz CT molecular complexity index is 1070. The number of rotatable bonds is 5. The highest BCUT2D eigenvalue weighted by molar-refractivity contribution is 5.88. The third-order valence-electron chi connectivity index (χ3n) is 4.44. The van der Waals surface area contributed by atoms with Crippen molar-refractivity contribution in [3.05, 3.63) is 72.4 Å². The largest absolute Gasteiger partial charge is 0.484 e. The van der Waals surface area contributed by atoms with Gasteiger partial charge in [0.15, 0.2) is 11.6 Å². The number of carboxylic acid groups (broad SMARTS) is 1. The fourth-order valence-corrected chi connectivity index (χ4v) is 2.97. The van der Waals surface area contributed by atoms with Crippen LogP contribution in [-0.4, -0.2) is 35.4 Å². The quantitative estimate of drug-likeness (QED) is 0.624. The van der Waals surface area contributed by atoms with Crippen LogP contribution in [0.15, 0.2) is 66.9 Å². The van der Waals surface area contributed by atoms with Gasteiger partial charge in [-0.2, -0.15) is 0 Å². The molecule has 2 heterocycles. The van der Waals surface area contributed by atoms with Gasteiger partial charge in [-0.1, -0.05) is 30.3 Å². The molecule has 0 spiro atoms. The molecule has 0 aliphatic carbocycles. The Morgan fingerprint density at radius 1 is 1.10 bits per heavy atom. The smallest absolute Gasteiger partial charge is 0.413 e. The lowest BCUT2D eigenvalue weighted by atomic mass is 10.2. The van der Waals surface area contributed by atoms with Gasteiger partial charge in [0, 0.05) is 18.0 Å². The van der Waals surface area contributed by atoms with E-state index >= 15 is 0 Å². The lowest BCUT2D eigenvalue weighted by molar-refractivity contribution is 0.155. The summed E-state index contributed by atoms with van der Waals surface area (Å²) in [5, 5.41) is 12.0. The van der Waals surface area contributed by atoms with E-state index < -0.39 is 12.2 Å². The third-order valence-corrected chi connectivity index (χ3v) is 4.44. The van der Waals surface area contributed by atoms with Gasteiger partial charge in [-0.3, -0.25) is 10.2 Å². The van der Waals surface area contributed by atoms with E-state index in [1.807, 2.05) is 30.3 Å². The van der Waals surface area contributed by atoms with Crippen LogP contribution in [0.3, 0.4) is 0 Å². The lowest BCUT2D eigenvalue weighted by Crippen LogP contribution is -2.37. The standard InChI is InChI=1S/C22H19N3O6/c26-21(30-14-15-4-2-1-3-5-15)24-16-6-8-17(9-7-16)31-18-10-11-23-20-19(18)29-13-12-25(20)22(27)28/h1-11H,12-14H2,(H,24,26)(H,27,28). The minimum absolute atomic E-state index is 0.175. The average Bonchev–Trinajstić information content (AvgIpc) is 2.79. The molecule has 3 aromatic rings. The zero-order valence-electron chi connectivity index (χ0n) is 16.4. The molecule has 9 heteroatoms. The first-order valence-electron chi connectivity index (χ1n) is 9.48. The van der Waals surface area contributed by atoms with Crippen LogP contribution in [0.4, 0.5) is 21.1 Å². The molecule has 0 fully saturated rings. The van der Waals surface area contributed by atoms with Crippen molar-refractivity contribution in [2.24, 2.45) is 0 Å². The van der Waals surface area contributed by atoms with Crippen LogP contribution in [0.5, 0.6) is 17.2 Å². The highest BCUT2D eigenvalue weighted by atomic mass is 16.5. The molecule has 1 aromatic heterocycles. The molecular formula is C22H19N3O6. The molecule has 2 amide bonds. The third kappa shape index (κ3) is 4.84. The molecule has 0 unspecified atom stereocenters. The maximum Gasteiger partial charge on any atom is 0.413 e. The predicted molar refractivity (Wildman–Crippen MR) is 112 cm³/mol. The van der Waals surface area contributed by atoms with E-state index in [9.17, 15) is 14.7 Å². The van der Waals surface area contributed by atoms with Crippen LogP contribution in [0.25, 0.3) is 0 Å². The molecule has 1 aliphatic heterocycles. The van der Waals surface area contributed by atoms with Gasteiger partial charge in [-0.05, 0) is 29.8 Å². The summed E-state index contributed by atoms with van der Waals surface area (Å²) in [5.41, 5.74) is 1.43. The molecule has 0 atom stereocenters. The lowest BCUT2D eigenvalue weighted by Gasteiger charge is -2.27. The normalized spacial score (nSPS) is 12.3. The van der Waals surface area contributed by atoms with E-state index in [-0.39, 0.29) is 31.3 Å². The van der Waals surface area contributed by atoms with E-state index in [1.54, 1.807) is 30.3 Å². The molecule has 0 bridgehead atoms. The molecule has 2 N–H and O–H groups in total. The number of carbonyl (C=O) groups is 2. The molecule has 31 heavy (non-hydrogen) atoms. The summed E-state index contributed by atoms with van der Waals surface area (Å²) >= 11 is 0. The zero-order chi connectivity index (χ0) is 21.6. The first kappa shape index (κ1) is 20.0. The number of amides is 2. The first-order valence-corrected chi connectivity index (χ1v) is 9.48. The number of aromatic nitrogens is 1. The molecule has 0 saturated carbocycles. The van der Waals surface area contributed by atoms with E-state index in [4.69, 9.17) is 14.2 Å². The molecule has 9 nitrogen and oxygen atoms in total. The highest BCUT2D eigenvalue weighted by Gasteiger charge is 2.27. The second-order valence-corrected chi connectivity index (χ2v) is 6.56. The topological polar surface area (TPSA) is 110 Å². The van der Waals surface area contributed by atoms with Crippen molar-refractivity contribution < 1.29 is 28.9 Å². The summed E-state index contributed by atoms with van der Waals surface area (Å²) in [4.78, 5) is 28.6. The number of pyridine rings is 1. The minimum atomic E-state index is -1.11. The number of fused-ring (bicyclic) bond motifs is 1. The Balaban J connectivity index is 1.38. The van der Waals surface area contributed by atoms with Gasteiger partial charge in [0.1, 0.15) is 19.0 Å². The van der Waals surface area contributed by atoms with Crippen LogP contribution in [-0.2, 0) is 11.3 Å². The molecule has 0 radical (unpaired) electrons. The predicted octanol–water partition coefficient (Wildman–Crippen LogP) is 4.50. The Morgan fingerprint density at radius 2 is 1.87 bits per heavy atom. The Hall–Kier alpha value is -4.27. The second-order valence-electron chi connectivity index (χ2n) is 6.56. The van der Waals surface area contributed by atoms with Crippen LogP contribution in [0.1, 0.15) is 5.56 Å². The van der Waals surface area contributed by atoms with Gasteiger partial charge in [0.2, 0.25) is 5.75 Å². The summed E-state index contributed by atoms with van der Waals surface area (Å²) in [5.74, 6) is 1.28. The van der Waals surface area contributed by atoms with Crippen molar-refractivity contribution in [3.8, 4) is 17.2 Å². The number of anilines is 2. The fraction of sp³-hybridized carbons (Fsp3) is 0.136. The van der Waals surface area contributed by atoms with Gasteiger partial charge in [-0.25, -0.2) is 14.6 Å². The monoisotopic (exact) mass is 421 g/mol. The second kappa shape index (κ2) is 9.04. The van der Waals surface area contributed by atoms with Crippen molar-refractivity contribution in [2.75, 3.05) is 23.4 Å². The van der Waals surface area contributed by atoms with Crippen LogP contribution in [0.2, 0.25) is 0 Å². The van der Waals surface area contributed by atoms with Crippen molar-refractivity contribution in [1.82, 2.24) is 4.98 Å². The van der Waals surface area contributed by atoms with Gasteiger partial charge in [0.05, 0.1) is 6.54 Å². The maximum absolute atomic E-state index is 12.0. The van der Waals surface area contributed by atoms with Crippen molar-refractivity contribution in [2.45, 2.75) is 6.61 Å². The van der Waals surface area contributed by atoms with E-state index in [2.05, 4.69) is 10.3 Å². The molecule has 4 rings (SSSR count). The van der Waals surface area contributed by atoms with Crippen molar-refractivity contribution in [3.63, 3.8) is 0 Å². The first-order chi connectivity index (χ1) is 15.1. The molecule has 1 aliphatic rings. The molecule has 158 valence electrons. The van der Waals surface area contributed by atoms with Crippen LogP contribution < -0.4 is 19.7 Å². The zero-order valence-corrected chi connectivity index (χ0v) is 16.4. The molecule has 0 saturated heterocycles. The van der Waals surface area contributed by atoms with E-state index in [0.717, 1.165) is 10.5 Å². The maximum atomic E-state index is 12.0. The number of nitrogens with one attached hydrogen (secondary N) is 1. The van der Waals surface area contributed by atoms with Crippen LogP contribution >= 0.6 is 0 Å². The number of ether oxygens (including phenoxy) is 3. The number of hydrogen-bond donors (Lipinski definition) is 2. The average molecular weight is 421 g/mol. The van der Waals surface area contributed by atoms with Gasteiger partial charge >= 0.3 is 12.2 Å². The SMILES string of the molecule is O=C(Nc1ccc(Oc2ccnc3c2OCCN3C(=O)O)cc1)OCc1ccccc1. The number of benzene rings is 2. The van der Waals surface area contributed by atoms with E-state index in [1.165, 1.54) is 6.20 Å². The Labute approximate surface area is 177 Å². The Morgan fingerprint density at radius 3 is 2.61 bits per heavy atom. The van der Waals surface area contributed by atoms with Crippen LogP contribution in [0, 0.1) is 0 Å². The van der Waals surface area contributed by atoms with Crippen molar-refractivity contribution in [1.29, 1.82) is 0 Å². The Kier molecular flexibility index (Phi) is 5.84. The number of carbonyl (C=O) groups excluding carboxylic acids is 1. The molecule has 2 aromatic carbocycles. The summed E-state index contributed by atoms with van der Waals surface area (Å²) in [6.45, 7) is 0.573. The number of nitrogens with zero attached hydrogens (tertiary/aromatic N) is 2. The summed E-state index contributed by atoms with van der Waals surface area (Å²) in [6.07, 6.45) is -0.219. The highest BCUT2D eigenvalue weighted by Crippen LogP contribution is 2.40. The van der Waals surface area contributed by atoms with E-state index in [0.29, 0.717) is 17.2 Å².